The van der Waals surface area contributed by atoms with E-state index in [1.54, 1.807) is 24.1 Å². The zero-order valence-electron chi connectivity index (χ0n) is 14.4. The molecule has 1 aromatic carbocycles. The summed E-state index contributed by atoms with van der Waals surface area (Å²) in [5, 5.41) is 0. The van der Waals surface area contributed by atoms with E-state index in [4.69, 9.17) is 0 Å². The Hall–Kier alpha value is -2.56. The van der Waals surface area contributed by atoms with Crippen LogP contribution in [0.1, 0.15) is 27.0 Å². The predicted octanol–water partition coefficient (Wildman–Crippen LogP) is 2.26. The van der Waals surface area contributed by atoms with Gasteiger partial charge in [-0.25, -0.2) is 0 Å². The van der Waals surface area contributed by atoms with Crippen LogP contribution >= 0.6 is 0 Å². The summed E-state index contributed by atoms with van der Waals surface area (Å²) in [5.74, 6) is -0.171. The molecule has 1 fully saturated rings. The van der Waals surface area contributed by atoms with Gasteiger partial charge in [-0.2, -0.15) is 0 Å². The molecule has 0 radical (unpaired) electrons. The summed E-state index contributed by atoms with van der Waals surface area (Å²) in [5.41, 5.74) is 4.47. The molecule has 1 N–H and O–H groups in total. The second-order valence-corrected chi connectivity index (χ2v) is 6.36. The van der Waals surface area contributed by atoms with Crippen LogP contribution in [0, 0.1) is 20.8 Å². The summed E-state index contributed by atoms with van der Waals surface area (Å²) in [6, 6.07) is 8.08. The van der Waals surface area contributed by atoms with Crippen LogP contribution in [-0.4, -0.2) is 42.0 Å². The number of aromatic amines is 1. The van der Waals surface area contributed by atoms with Gasteiger partial charge in [-0.3, -0.25) is 9.59 Å². The lowest BCUT2D eigenvalue weighted by Gasteiger charge is -2.37. The number of nitrogens with zero attached hydrogens (tertiary/aromatic N) is 2. The number of amides is 1. The van der Waals surface area contributed by atoms with Crippen molar-refractivity contribution in [1.29, 1.82) is 0 Å². The number of anilines is 1. The maximum Gasteiger partial charge on any atom is 0.261 e. The number of hydrogen-bond donors (Lipinski definition) is 1. The van der Waals surface area contributed by atoms with E-state index in [2.05, 4.69) is 41.9 Å². The lowest BCUT2D eigenvalue weighted by Crippen LogP contribution is -2.50. The van der Waals surface area contributed by atoms with Crippen LogP contribution in [0.15, 0.2) is 35.3 Å². The van der Waals surface area contributed by atoms with Gasteiger partial charge in [0, 0.05) is 38.1 Å². The molecule has 2 aromatic rings. The molecule has 24 heavy (non-hydrogen) atoms. The molecule has 0 atom stereocenters. The van der Waals surface area contributed by atoms with Gasteiger partial charge in [0.1, 0.15) is 5.56 Å². The molecule has 0 bridgehead atoms. The molecule has 0 saturated carbocycles. The Morgan fingerprint density at radius 3 is 2.38 bits per heavy atom. The van der Waals surface area contributed by atoms with E-state index in [1.807, 2.05) is 0 Å². The molecule has 1 aromatic heterocycles. The van der Waals surface area contributed by atoms with E-state index in [1.165, 1.54) is 16.8 Å². The average molecular weight is 325 g/mol. The number of hydrogen-bond acceptors (Lipinski definition) is 3. The second-order valence-electron chi connectivity index (χ2n) is 6.36. The zero-order valence-corrected chi connectivity index (χ0v) is 14.4. The first-order valence-electron chi connectivity index (χ1n) is 8.28. The molecule has 5 heteroatoms. The number of benzene rings is 1. The summed E-state index contributed by atoms with van der Waals surface area (Å²) < 4.78 is 0. The van der Waals surface area contributed by atoms with Crippen LogP contribution in [0.25, 0.3) is 0 Å². The maximum absolute atomic E-state index is 12.7. The monoisotopic (exact) mass is 325 g/mol. The van der Waals surface area contributed by atoms with Crippen molar-refractivity contribution >= 4 is 11.6 Å². The number of carbonyl (C=O) groups excluding carboxylic acids is 1. The normalized spacial score (nSPS) is 14.8. The molecule has 1 amide bonds. The summed E-state index contributed by atoms with van der Waals surface area (Å²) in [6.45, 7) is 8.85. The van der Waals surface area contributed by atoms with Crippen molar-refractivity contribution in [3.63, 3.8) is 0 Å². The van der Waals surface area contributed by atoms with Crippen LogP contribution in [0.4, 0.5) is 5.69 Å². The minimum absolute atomic E-state index is 0.171. The fourth-order valence-electron chi connectivity index (χ4n) is 3.23. The number of aryl methyl sites for hydroxylation is 2. The van der Waals surface area contributed by atoms with Gasteiger partial charge in [0.25, 0.3) is 11.5 Å². The first-order valence-corrected chi connectivity index (χ1v) is 8.28. The molecular weight excluding hydrogens is 302 g/mol. The van der Waals surface area contributed by atoms with Crippen molar-refractivity contribution in [1.82, 2.24) is 9.88 Å². The lowest BCUT2D eigenvalue weighted by atomic mass is 10.1. The summed E-state index contributed by atoms with van der Waals surface area (Å²) >= 11 is 0. The first kappa shape index (κ1) is 16.3. The molecule has 3 rings (SSSR count). The van der Waals surface area contributed by atoms with Gasteiger partial charge < -0.3 is 14.8 Å². The molecule has 1 aliphatic heterocycles. The van der Waals surface area contributed by atoms with Crippen molar-refractivity contribution in [2.45, 2.75) is 20.8 Å². The highest BCUT2D eigenvalue weighted by Gasteiger charge is 2.25. The second kappa shape index (κ2) is 6.51. The zero-order chi connectivity index (χ0) is 17.3. The van der Waals surface area contributed by atoms with Gasteiger partial charge >= 0.3 is 0 Å². The standard InChI is InChI=1S/C19H23N3O2/c1-13-5-4-6-16(15(13)3)21-9-11-22(12-10-21)19(24)17-14(2)7-8-20-18(17)23/h4-8H,9-12H2,1-3H3,(H,20,23). The molecule has 1 saturated heterocycles. The van der Waals surface area contributed by atoms with E-state index in [-0.39, 0.29) is 17.0 Å². The summed E-state index contributed by atoms with van der Waals surface area (Å²) in [4.78, 5) is 31.4. The maximum atomic E-state index is 12.7. The third kappa shape index (κ3) is 2.94. The van der Waals surface area contributed by atoms with Crippen LogP contribution in [-0.2, 0) is 0 Å². The molecular formula is C19H23N3O2. The summed E-state index contributed by atoms with van der Waals surface area (Å²) in [6.07, 6.45) is 1.58. The fourth-order valence-corrected chi connectivity index (χ4v) is 3.23. The van der Waals surface area contributed by atoms with Crippen molar-refractivity contribution in [2.75, 3.05) is 31.1 Å². The van der Waals surface area contributed by atoms with E-state index in [0.29, 0.717) is 13.1 Å². The first-order chi connectivity index (χ1) is 11.5. The fraction of sp³-hybridized carbons (Fsp3) is 0.368. The molecule has 0 unspecified atom stereocenters. The average Bonchev–Trinajstić information content (AvgIpc) is 2.57. The SMILES string of the molecule is Cc1cccc(N2CCN(C(=O)c3c(C)cc[nH]c3=O)CC2)c1C. The third-order valence-electron chi connectivity index (χ3n) is 4.87. The van der Waals surface area contributed by atoms with E-state index in [9.17, 15) is 9.59 Å². The molecule has 0 spiro atoms. The predicted molar refractivity (Wildman–Crippen MR) is 95.8 cm³/mol. The van der Waals surface area contributed by atoms with Gasteiger partial charge in [-0.1, -0.05) is 12.1 Å². The van der Waals surface area contributed by atoms with E-state index in [0.717, 1.165) is 18.7 Å². The Bertz CT molecular complexity index is 818. The van der Waals surface area contributed by atoms with Crippen molar-refractivity contribution in [3.05, 3.63) is 63.1 Å². The smallest absolute Gasteiger partial charge is 0.261 e. The number of aromatic nitrogens is 1. The number of piperazine rings is 1. The highest BCUT2D eigenvalue weighted by atomic mass is 16.2. The topological polar surface area (TPSA) is 56.4 Å². The van der Waals surface area contributed by atoms with Gasteiger partial charge in [-0.05, 0) is 49.6 Å². The van der Waals surface area contributed by atoms with E-state index >= 15 is 0 Å². The Balaban J connectivity index is 1.74. The Labute approximate surface area is 141 Å². The van der Waals surface area contributed by atoms with Crippen molar-refractivity contribution in [2.24, 2.45) is 0 Å². The van der Waals surface area contributed by atoms with Gasteiger partial charge in [0.15, 0.2) is 0 Å². The molecule has 5 nitrogen and oxygen atoms in total. The number of rotatable bonds is 2. The Morgan fingerprint density at radius 2 is 1.71 bits per heavy atom. The molecule has 2 heterocycles. The Morgan fingerprint density at radius 1 is 1.00 bits per heavy atom. The highest BCUT2D eigenvalue weighted by Crippen LogP contribution is 2.24. The largest absolute Gasteiger partial charge is 0.368 e. The third-order valence-corrected chi connectivity index (χ3v) is 4.87. The minimum atomic E-state index is -0.308. The lowest BCUT2D eigenvalue weighted by molar-refractivity contribution is 0.0744. The van der Waals surface area contributed by atoms with Crippen LogP contribution in [0.2, 0.25) is 0 Å². The number of pyridine rings is 1. The van der Waals surface area contributed by atoms with Crippen LogP contribution in [0.5, 0.6) is 0 Å². The van der Waals surface area contributed by atoms with Gasteiger partial charge in [-0.15, -0.1) is 0 Å². The van der Waals surface area contributed by atoms with Crippen LogP contribution < -0.4 is 10.5 Å². The van der Waals surface area contributed by atoms with Crippen molar-refractivity contribution < 1.29 is 4.79 Å². The number of H-pyrrole nitrogens is 1. The summed E-state index contributed by atoms with van der Waals surface area (Å²) in [7, 11) is 0. The van der Waals surface area contributed by atoms with Crippen LogP contribution in [0.3, 0.4) is 0 Å². The Kier molecular flexibility index (Phi) is 4.42. The number of nitrogens with one attached hydrogen (secondary N) is 1. The quantitative estimate of drug-likeness (QED) is 0.921. The number of carbonyl (C=O) groups is 1. The molecule has 1 aliphatic rings. The molecule has 126 valence electrons. The van der Waals surface area contributed by atoms with Gasteiger partial charge in [0.2, 0.25) is 0 Å². The minimum Gasteiger partial charge on any atom is -0.368 e. The van der Waals surface area contributed by atoms with E-state index < -0.39 is 0 Å². The van der Waals surface area contributed by atoms with Gasteiger partial charge in [0.05, 0.1) is 0 Å². The molecule has 0 aliphatic carbocycles. The highest BCUT2D eigenvalue weighted by molar-refractivity contribution is 5.95. The van der Waals surface area contributed by atoms with Crippen molar-refractivity contribution in [3.8, 4) is 0 Å².